The second-order valence-corrected chi connectivity index (χ2v) is 7.78. The number of hydrogen-bond acceptors (Lipinski definition) is 7. The number of ether oxygens (including phenoxy) is 1. The highest BCUT2D eigenvalue weighted by molar-refractivity contribution is 5.78. The highest BCUT2D eigenvalue weighted by atomic mass is 16.5. The van der Waals surface area contributed by atoms with Gasteiger partial charge in [-0.25, -0.2) is 9.97 Å². The van der Waals surface area contributed by atoms with Gasteiger partial charge in [-0.15, -0.1) is 10.2 Å². The number of pyridine rings is 1. The molecule has 0 N–H and O–H groups in total. The van der Waals surface area contributed by atoms with Crippen LogP contribution in [-0.2, 0) is 10.3 Å². The number of anilines is 1. The minimum Gasteiger partial charge on any atom is -0.377 e. The van der Waals surface area contributed by atoms with Crippen molar-refractivity contribution >= 4 is 5.82 Å². The number of aromatic nitrogens is 6. The van der Waals surface area contributed by atoms with Crippen LogP contribution in [0, 0.1) is 0 Å². The Morgan fingerprint density at radius 3 is 2.87 bits per heavy atom. The molecule has 0 aliphatic carbocycles. The standard InChI is InChI=1S/C23H21N7O/c1-2-23-14-31-12-11-30(23)21-18(29-15-26-28-22(23)29)13-25-20(27-21)17-9-6-10-24-19(17)16-7-4-3-5-8-16/h3-10,13,15H,2,11-12,14H2,1H3. The van der Waals surface area contributed by atoms with Crippen molar-refractivity contribution in [1.29, 1.82) is 0 Å². The lowest BCUT2D eigenvalue weighted by atomic mass is 9.90. The summed E-state index contributed by atoms with van der Waals surface area (Å²) in [4.78, 5) is 16.8. The summed E-state index contributed by atoms with van der Waals surface area (Å²) in [6, 6.07) is 14.1. The van der Waals surface area contributed by atoms with E-state index in [0.717, 1.165) is 47.1 Å². The average Bonchev–Trinajstić information content (AvgIpc) is 3.35. The second-order valence-electron chi connectivity index (χ2n) is 7.78. The van der Waals surface area contributed by atoms with Crippen LogP contribution in [0.1, 0.15) is 19.2 Å². The highest BCUT2D eigenvalue weighted by Crippen LogP contribution is 2.44. The molecule has 0 saturated carbocycles. The zero-order valence-corrected chi connectivity index (χ0v) is 17.1. The van der Waals surface area contributed by atoms with Crippen molar-refractivity contribution in [3.8, 4) is 28.3 Å². The van der Waals surface area contributed by atoms with Crippen molar-refractivity contribution in [1.82, 2.24) is 29.7 Å². The Hall–Kier alpha value is -3.65. The lowest BCUT2D eigenvalue weighted by Gasteiger charge is -2.49. The van der Waals surface area contributed by atoms with Crippen molar-refractivity contribution in [3.63, 3.8) is 0 Å². The minimum absolute atomic E-state index is 0.384. The Labute approximate surface area is 179 Å². The van der Waals surface area contributed by atoms with Gasteiger partial charge in [0.2, 0.25) is 0 Å². The lowest BCUT2D eigenvalue weighted by molar-refractivity contribution is 0.0391. The van der Waals surface area contributed by atoms with Crippen LogP contribution in [-0.4, -0.2) is 49.5 Å². The first kappa shape index (κ1) is 18.1. The number of rotatable bonds is 3. The van der Waals surface area contributed by atoms with E-state index in [4.69, 9.17) is 14.7 Å². The summed E-state index contributed by atoms with van der Waals surface area (Å²) in [6.45, 7) is 4.10. The third kappa shape index (κ3) is 2.61. The number of morpholine rings is 1. The zero-order chi connectivity index (χ0) is 20.8. The molecular formula is C23H21N7O. The van der Waals surface area contributed by atoms with E-state index in [9.17, 15) is 0 Å². The maximum atomic E-state index is 5.89. The molecule has 0 amide bonds. The van der Waals surface area contributed by atoms with E-state index in [1.807, 2.05) is 41.1 Å². The topological polar surface area (TPSA) is 81.9 Å². The Kier molecular flexibility index (Phi) is 4.07. The first-order valence-corrected chi connectivity index (χ1v) is 10.5. The van der Waals surface area contributed by atoms with Crippen LogP contribution in [0.2, 0.25) is 0 Å². The van der Waals surface area contributed by atoms with E-state index < -0.39 is 0 Å². The number of fused-ring (bicyclic) bond motifs is 6. The van der Waals surface area contributed by atoms with Gasteiger partial charge in [-0.05, 0) is 18.6 Å². The summed E-state index contributed by atoms with van der Waals surface area (Å²) in [6.07, 6.45) is 6.24. The van der Waals surface area contributed by atoms with E-state index in [1.54, 1.807) is 12.5 Å². The molecule has 0 bridgehead atoms. The molecular weight excluding hydrogens is 390 g/mol. The van der Waals surface area contributed by atoms with Crippen molar-refractivity contribution in [3.05, 3.63) is 67.0 Å². The van der Waals surface area contributed by atoms with E-state index in [0.29, 0.717) is 19.0 Å². The van der Waals surface area contributed by atoms with Gasteiger partial charge in [-0.1, -0.05) is 37.3 Å². The predicted molar refractivity (Wildman–Crippen MR) is 116 cm³/mol. The van der Waals surface area contributed by atoms with Crippen LogP contribution in [0.15, 0.2) is 61.2 Å². The SMILES string of the molecule is CCC12COCCN1c1nc(-c3cccnc3-c3ccccc3)ncc1-n1cnnc12. The molecule has 1 fully saturated rings. The average molecular weight is 411 g/mol. The third-order valence-corrected chi connectivity index (χ3v) is 6.23. The van der Waals surface area contributed by atoms with Gasteiger partial charge in [0.05, 0.1) is 25.1 Å². The summed E-state index contributed by atoms with van der Waals surface area (Å²) in [5.41, 5.74) is 3.31. The molecule has 0 radical (unpaired) electrons. The Morgan fingerprint density at radius 1 is 1.10 bits per heavy atom. The van der Waals surface area contributed by atoms with E-state index in [1.165, 1.54) is 0 Å². The van der Waals surface area contributed by atoms with Gasteiger partial charge < -0.3 is 9.64 Å². The monoisotopic (exact) mass is 411 g/mol. The van der Waals surface area contributed by atoms with Crippen LogP contribution < -0.4 is 4.90 Å². The molecule has 1 unspecified atom stereocenters. The molecule has 3 aromatic heterocycles. The summed E-state index contributed by atoms with van der Waals surface area (Å²) >= 11 is 0. The van der Waals surface area contributed by atoms with Crippen molar-refractivity contribution in [2.24, 2.45) is 0 Å². The van der Waals surface area contributed by atoms with E-state index in [-0.39, 0.29) is 5.54 Å². The summed E-state index contributed by atoms with van der Waals surface area (Å²) in [5.74, 6) is 2.41. The minimum atomic E-state index is -0.384. The van der Waals surface area contributed by atoms with Gasteiger partial charge in [-0.2, -0.15) is 0 Å². The normalized spacial score (nSPS) is 19.5. The largest absolute Gasteiger partial charge is 0.377 e. The third-order valence-electron chi connectivity index (χ3n) is 6.23. The lowest BCUT2D eigenvalue weighted by Crippen LogP contribution is -2.58. The molecule has 1 saturated heterocycles. The fraction of sp³-hybridized carbons (Fsp3) is 0.261. The number of hydrogen-bond donors (Lipinski definition) is 0. The molecule has 2 aliphatic heterocycles. The number of benzene rings is 1. The Bertz CT molecular complexity index is 1260. The summed E-state index contributed by atoms with van der Waals surface area (Å²) in [5, 5.41) is 8.63. The first-order valence-electron chi connectivity index (χ1n) is 10.5. The second kappa shape index (κ2) is 6.95. The fourth-order valence-corrected chi connectivity index (χ4v) is 4.64. The smallest absolute Gasteiger partial charge is 0.165 e. The quantitative estimate of drug-likeness (QED) is 0.512. The van der Waals surface area contributed by atoms with E-state index >= 15 is 0 Å². The van der Waals surface area contributed by atoms with Crippen LogP contribution >= 0.6 is 0 Å². The van der Waals surface area contributed by atoms with Crippen molar-refractivity contribution in [2.75, 3.05) is 24.7 Å². The summed E-state index contributed by atoms with van der Waals surface area (Å²) in [7, 11) is 0. The molecule has 4 aromatic rings. The molecule has 1 aromatic carbocycles. The molecule has 2 aliphatic rings. The Balaban J connectivity index is 1.55. The molecule has 6 rings (SSSR count). The van der Waals surface area contributed by atoms with Gasteiger partial charge in [0, 0.05) is 23.9 Å². The van der Waals surface area contributed by atoms with Gasteiger partial charge in [-0.3, -0.25) is 9.55 Å². The maximum absolute atomic E-state index is 5.89. The molecule has 0 spiro atoms. The highest BCUT2D eigenvalue weighted by Gasteiger charge is 2.48. The van der Waals surface area contributed by atoms with Gasteiger partial charge in [0.1, 0.15) is 17.6 Å². The van der Waals surface area contributed by atoms with Gasteiger partial charge in [0.25, 0.3) is 0 Å². The Morgan fingerprint density at radius 2 is 2.00 bits per heavy atom. The van der Waals surface area contributed by atoms with Crippen molar-refractivity contribution < 1.29 is 4.74 Å². The van der Waals surface area contributed by atoms with Crippen LogP contribution in [0.5, 0.6) is 0 Å². The number of nitrogens with zero attached hydrogens (tertiary/aromatic N) is 7. The molecule has 31 heavy (non-hydrogen) atoms. The molecule has 8 heteroatoms. The van der Waals surface area contributed by atoms with Crippen LogP contribution in [0.25, 0.3) is 28.3 Å². The maximum Gasteiger partial charge on any atom is 0.165 e. The molecule has 8 nitrogen and oxygen atoms in total. The van der Waals surface area contributed by atoms with Gasteiger partial charge in [0.15, 0.2) is 17.5 Å². The van der Waals surface area contributed by atoms with Crippen molar-refractivity contribution in [2.45, 2.75) is 18.9 Å². The van der Waals surface area contributed by atoms with Crippen LogP contribution in [0.3, 0.4) is 0 Å². The van der Waals surface area contributed by atoms with Crippen LogP contribution in [0.4, 0.5) is 5.82 Å². The zero-order valence-electron chi connectivity index (χ0n) is 17.1. The predicted octanol–water partition coefficient (Wildman–Crippen LogP) is 3.24. The molecule has 154 valence electrons. The first-order chi connectivity index (χ1) is 15.3. The fourth-order valence-electron chi connectivity index (χ4n) is 4.64. The molecule has 5 heterocycles. The summed E-state index contributed by atoms with van der Waals surface area (Å²) < 4.78 is 7.89. The van der Waals surface area contributed by atoms with Gasteiger partial charge >= 0.3 is 0 Å². The molecule has 1 atom stereocenters. The van der Waals surface area contributed by atoms with E-state index in [2.05, 4.69) is 39.1 Å².